The number of aliphatic hydroxyl groups excluding tert-OH is 1. The Morgan fingerprint density at radius 1 is 0.455 bits per heavy atom. The molecule has 4 amide bonds. The number of nitrogens with zero attached hydrogens (tertiary/aromatic N) is 9. The second kappa shape index (κ2) is 42.6. The van der Waals surface area contributed by atoms with Gasteiger partial charge in [0.25, 0.3) is 33.7 Å². The molecule has 15 rings (SSSR count). The molecule has 7 fully saturated rings. The molecule has 7 aliphatic rings. The molecule has 41 nitrogen and oxygen atoms in total. The van der Waals surface area contributed by atoms with E-state index < -0.39 is 152 Å². The van der Waals surface area contributed by atoms with Crippen LogP contribution < -0.4 is 35.5 Å². The number of hydrogen-bond donors (Lipinski definition) is 12. The molecule has 714 valence electrons. The zero-order valence-electron chi connectivity index (χ0n) is 75.0. The Labute approximate surface area is 770 Å². The highest BCUT2D eigenvalue weighted by Crippen LogP contribution is 2.48. The minimum absolute atomic E-state index is 0.0626. The number of rotatable bonds is 31. The van der Waals surface area contributed by atoms with Gasteiger partial charge in [-0.3, -0.25) is 23.4 Å². The zero-order chi connectivity index (χ0) is 96.7. The highest BCUT2D eigenvalue weighted by atomic mass is 32.2. The molecule has 7 heterocycles. The molecule has 8 aromatic carbocycles. The third-order valence-electron chi connectivity index (χ3n) is 22.8. The highest BCUT2D eigenvalue weighted by molar-refractivity contribution is 7.86. The smallest absolute Gasteiger partial charge is 0.297 e. The van der Waals surface area contributed by atoms with Crippen LogP contribution in [0, 0.1) is 27.7 Å². The van der Waals surface area contributed by atoms with Crippen LogP contribution in [-0.2, 0) is 81.5 Å². The summed E-state index contributed by atoms with van der Waals surface area (Å²) in [6.07, 6.45) is -5.60. The number of hydrogen-bond acceptors (Lipinski definition) is 31. The summed E-state index contributed by atoms with van der Waals surface area (Å²) in [6, 6.07) is 46.8. The van der Waals surface area contributed by atoms with E-state index in [0.29, 0.717) is 48.2 Å². The van der Waals surface area contributed by atoms with E-state index in [2.05, 4.69) is 51.3 Å². The fourth-order valence-corrected chi connectivity index (χ4v) is 17.1. The normalized spacial score (nSPS) is 24.4. The number of phenolic OH excluding ortho intramolecular Hbond substituents is 6. The third kappa shape index (κ3) is 24.4. The topological polar surface area (TPSA) is 588 Å². The first kappa shape index (κ1) is 100. The minimum Gasteiger partial charge on any atom is -0.504 e. The molecule has 0 saturated carbocycles. The number of amides is 4. The fourth-order valence-electron chi connectivity index (χ4n) is 16.1. The van der Waals surface area contributed by atoms with Gasteiger partial charge < -0.3 is 124 Å². The number of benzene rings is 8. The minimum atomic E-state index is -3.95. The predicted octanol–water partition coefficient (Wildman–Crippen LogP) is 10.6. The van der Waals surface area contributed by atoms with E-state index in [1.807, 2.05) is 139 Å². The largest absolute Gasteiger partial charge is 0.504 e. The third-order valence-corrected chi connectivity index (χ3v) is 24.1. The van der Waals surface area contributed by atoms with Gasteiger partial charge in [-0.1, -0.05) is 124 Å². The summed E-state index contributed by atoms with van der Waals surface area (Å²) >= 11 is 0. The van der Waals surface area contributed by atoms with Crippen molar-refractivity contribution in [2.24, 2.45) is 15.3 Å². The lowest BCUT2D eigenvalue weighted by atomic mass is 9.96. The molecule has 12 N–H and O–H groups in total. The Hall–Kier alpha value is -12.8. The molecule has 42 heteroatoms. The molecule has 0 radical (unpaired) electrons. The van der Waals surface area contributed by atoms with E-state index in [1.54, 1.807) is 58.0 Å². The van der Waals surface area contributed by atoms with Crippen molar-refractivity contribution < 1.29 is 134 Å². The summed E-state index contributed by atoms with van der Waals surface area (Å²) in [6.45, 7) is 19.2. The maximum absolute atomic E-state index is 13.9. The Balaban J connectivity index is 0.000000177. The fraction of sp³-hybridized carbons (Fsp3) is 0.435. The second-order valence-corrected chi connectivity index (χ2v) is 36.0. The molecule has 7 aliphatic heterocycles. The lowest BCUT2D eigenvalue weighted by Gasteiger charge is -2.27. The van der Waals surface area contributed by atoms with Gasteiger partial charge in [0.1, 0.15) is 91.2 Å². The van der Waals surface area contributed by atoms with E-state index in [4.69, 9.17) is 82.4 Å². The number of carbonyl (C=O) groups excluding carboxylic acids is 4. The molecular formula is C92H107N13O28S. The van der Waals surface area contributed by atoms with Crippen molar-refractivity contribution in [1.29, 1.82) is 0 Å². The van der Waals surface area contributed by atoms with Gasteiger partial charge in [-0.25, -0.2) is 0 Å². The second-order valence-electron chi connectivity index (χ2n) is 34.4. The highest BCUT2D eigenvalue weighted by Gasteiger charge is 2.64. The lowest BCUT2D eigenvalue weighted by Crippen LogP contribution is -2.53. The number of aliphatic hydroxyl groups is 2. The standard InChI is InChI=1S/C47H50N2O8.C20H22N2O11.C16H21N3O6S.C9H14N6O3/c1-31-21-37(23-39(33(31)3)52-26-34-15-9-6-10-16-34)44(50)48-25-41-43-47(30-55-41,57-46(4,5)56-43)29-49-45(51)38-22-32(2)42(54-28-36-19-13-8-14-20-36)40(24-38)53-27-35-17-11-7-12-18-35;23-10-1-8(2-11(24)15(10)27)18(30)21-5-14-17(29)20(32,7-33-14)6-22-19(31)9-3-12(25)16(28)13(26)4-9;1-11-4-6-12(7-5-11)26(20,21)23-10-16-9-22-13(8-18-19-17)14(16)24-15(2,3)25-16;1-8(2)17-7-6(3-12-14-10)16-5-9(7,18-8)4-13-15-11/h6-24,41,43H,25-30H2,1-5H3,(H,48,50)(H,49,51);1-4,14,17,23-29,32H,5-7H2,(H,21,30)(H,22,31);4-7,13-14H,8-10H2,1-3H3;6-7H,3-5H2,1-2H3/t41-,43-,47+;14-,17-,20+;13-,14-,16-;6-,7-,9+/m1111/s1. The number of carbonyl (C=O) groups is 4. The summed E-state index contributed by atoms with van der Waals surface area (Å²) in [5.74, 6) is -7.57. The van der Waals surface area contributed by atoms with E-state index in [0.717, 1.165) is 63.2 Å². The first-order valence-electron chi connectivity index (χ1n) is 42.5. The molecule has 0 spiro atoms. The van der Waals surface area contributed by atoms with Crippen LogP contribution >= 0.6 is 0 Å². The quantitative estimate of drug-likeness (QED) is 0.00631. The van der Waals surface area contributed by atoms with Crippen LogP contribution in [0.3, 0.4) is 0 Å². The number of aromatic hydroxyl groups is 6. The van der Waals surface area contributed by atoms with Gasteiger partial charge in [-0.15, -0.1) is 0 Å². The van der Waals surface area contributed by atoms with Crippen LogP contribution in [0.4, 0.5) is 0 Å². The Morgan fingerprint density at radius 2 is 0.843 bits per heavy atom. The van der Waals surface area contributed by atoms with Crippen molar-refractivity contribution in [3.8, 4) is 51.7 Å². The Kier molecular flexibility index (Phi) is 31.9. The van der Waals surface area contributed by atoms with E-state index in [-0.39, 0.29) is 99.6 Å². The predicted molar refractivity (Wildman–Crippen MR) is 476 cm³/mol. The molecule has 0 aliphatic carbocycles. The molecule has 0 unspecified atom stereocenters. The molecule has 134 heavy (non-hydrogen) atoms. The summed E-state index contributed by atoms with van der Waals surface area (Å²) in [7, 11) is -3.95. The van der Waals surface area contributed by atoms with Gasteiger partial charge in [0.2, 0.25) is 0 Å². The van der Waals surface area contributed by atoms with Gasteiger partial charge in [-0.05, 0) is 180 Å². The van der Waals surface area contributed by atoms with Crippen LogP contribution in [0.25, 0.3) is 31.3 Å². The van der Waals surface area contributed by atoms with E-state index >= 15 is 0 Å². The molecule has 0 bridgehead atoms. The van der Waals surface area contributed by atoms with Crippen molar-refractivity contribution in [3.05, 3.63) is 256 Å². The van der Waals surface area contributed by atoms with E-state index in [9.17, 15) is 68.4 Å². The molecule has 8 aromatic rings. The molecule has 7 saturated heterocycles. The van der Waals surface area contributed by atoms with E-state index in [1.165, 1.54) is 12.1 Å². The van der Waals surface area contributed by atoms with Gasteiger partial charge in [0, 0.05) is 50.1 Å². The SMILES string of the molecule is CC1(C)O[C@@H]2[C@@H](CN=[N+]=[N-])OC[C@]2(CN=[N+]=[N-])O1.Cc1cc(C(=O)NC[C@H]2OC[C@]3(CNC(=O)c4cc(C)c(OCc5ccccc5)c(OCc5ccccc5)c4)OC(C)(C)O[C@H]23)cc(OCc2ccccc2)c1C.Cc1ccc(S(=O)(=O)OC[C@]23CO[C@H](CN=[N+]=[N-])[C@H]2OC(C)(C)O3)cc1.O=C(NC[C@H]1OC[C@@](O)(CNC(=O)c2cc(O)c(O)c(O)c2)[C@@H]1O)c1cc(O)c(O)c(O)c1. The van der Waals surface area contributed by atoms with Gasteiger partial charge >= 0.3 is 0 Å². The lowest BCUT2D eigenvalue weighted by molar-refractivity contribution is -0.193. The number of azide groups is 3. The van der Waals surface area contributed by atoms with Crippen molar-refractivity contribution in [2.45, 2.75) is 183 Å². The van der Waals surface area contributed by atoms with Crippen molar-refractivity contribution in [2.75, 3.05) is 78.8 Å². The average Bonchev–Trinajstić information content (AvgIpc) is 1.60. The number of fused-ring (bicyclic) bond motifs is 3. The maximum Gasteiger partial charge on any atom is 0.297 e. The van der Waals surface area contributed by atoms with Gasteiger partial charge in [-0.2, -0.15) is 8.42 Å². The maximum atomic E-state index is 13.9. The monoisotopic (exact) mass is 1870 g/mol. The summed E-state index contributed by atoms with van der Waals surface area (Å²) in [5.41, 5.74) is 27.7. The number of nitrogens with one attached hydrogen (secondary N) is 4. The number of ether oxygens (including phenoxy) is 13. The Morgan fingerprint density at radius 3 is 1.34 bits per heavy atom. The van der Waals surface area contributed by atoms with Crippen LogP contribution in [0.1, 0.15) is 122 Å². The first-order valence-corrected chi connectivity index (χ1v) is 43.9. The summed E-state index contributed by atoms with van der Waals surface area (Å²) in [4.78, 5) is 60.1. The summed E-state index contributed by atoms with van der Waals surface area (Å²) in [5, 5.41) is 99.1. The number of aryl methyl sites for hydroxylation is 3. The van der Waals surface area contributed by atoms with Crippen LogP contribution in [-0.4, -0.2) is 240 Å². The summed E-state index contributed by atoms with van der Waals surface area (Å²) < 4.78 is 108. The molecule has 12 atom stereocenters. The number of phenols is 6. The van der Waals surface area contributed by atoms with Crippen molar-refractivity contribution >= 4 is 33.7 Å². The van der Waals surface area contributed by atoms with Crippen molar-refractivity contribution in [3.63, 3.8) is 0 Å². The zero-order valence-corrected chi connectivity index (χ0v) is 75.8. The van der Waals surface area contributed by atoms with Crippen LogP contribution in [0.5, 0.6) is 51.7 Å². The average molecular weight is 1870 g/mol. The van der Waals surface area contributed by atoms with Crippen molar-refractivity contribution in [1.82, 2.24) is 21.3 Å². The first-order chi connectivity index (χ1) is 63.6. The Bertz CT molecular complexity index is 5770. The van der Waals surface area contributed by atoms with Crippen LogP contribution in [0.2, 0.25) is 0 Å². The molecular weight excluding hydrogens is 1770 g/mol. The van der Waals surface area contributed by atoms with Gasteiger partial charge in [0.05, 0.1) is 76.3 Å². The van der Waals surface area contributed by atoms with Crippen LogP contribution in [0.15, 0.2) is 184 Å². The van der Waals surface area contributed by atoms with Gasteiger partial charge in [0.15, 0.2) is 63.4 Å². The molecule has 0 aromatic heterocycles.